The molecule has 1 aliphatic heterocycles. The molecule has 3 nitrogen and oxygen atoms in total. The molecule has 1 aliphatic rings. The van der Waals surface area contributed by atoms with Gasteiger partial charge in [-0.15, -0.1) is 0 Å². The van der Waals surface area contributed by atoms with Crippen molar-refractivity contribution in [3.63, 3.8) is 0 Å². The third-order valence-corrected chi connectivity index (χ3v) is 2.26. The van der Waals surface area contributed by atoms with E-state index in [4.69, 9.17) is 18.0 Å². The minimum Gasteiger partial charge on any atom is -0.392 e. The van der Waals surface area contributed by atoms with E-state index >= 15 is 0 Å². The molecule has 12 heavy (non-hydrogen) atoms. The average Bonchev–Trinajstić information content (AvgIpc) is 1.82. The lowest BCUT2D eigenvalue weighted by molar-refractivity contribution is -0.0103. The maximum atomic E-state index is 9.73. The lowest BCUT2D eigenvalue weighted by Crippen LogP contribution is -2.48. The highest BCUT2D eigenvalue weighted by Gasteiger charge is 2.28. The monoisotopic (exact) mass is 188 g/mol. The van der Waals surface area contributed by atoms with E-state index in [1.165, 1.54) is 0 Å². The third-order valence-electron chi connectivity index (χ3n) is 2.13. The number of β-amino-alcohol motifs (C(OH)–C–C–N with tert-alkyl or cyclic N) is 1. The molecule has 0 aromatic rings. The van der Waals surface area contributed by atoms with Crippen LogP contribution >= 0.6 is 12.2 Å². The number of thiocarbonyl (C=S) groups is 1. The second kappa shape index (κ2) is 3.68. The van der Waals surface area contributed by atoms with Gasteiger partial charge in [-0.25, -0.2) is 0 Å². The topological polar surface area (TPSA) is 49.5 Å². The standard InChI is InChI=1S/C8H16N2OS/c1-8(11)3-2-4-10(6-8)5-7(9)12/h11H,2-6H2,1H3,(H2,9,12). The highest BCUT2D eigenvalue weighted by molar-refractivity contribution is 7.80. The molecule has 1 rings (SSSR count). The van der Waals surface area contributed by atoms with Crippen molar-refractivity contribution in [1.29, 1.82) is 0 Å². The van der Waals surface area contributed by atoms with Gasteiger partial charge in [0.2, 0.25) is 0 Å². The van der Waals surface area contributed by atoms with Crippen molar-refractivity contribution in [3.8, 4) is 0 Å². The first-order valence-corrected chi connectivity index (χ1v) is 4.63. The fraction of sp³-hybridized carbons (Fsp3) is 0.875. The average molecular weight is 188 g/mol. The van der Waals surface area contributed by atoms with Gasteiger partial charge in [0.05, 0.1) is 10.6 Å². The number of nitrogens with two attached hydrogens (primary N) is 1. The number of rotatable bonds is 2. The Morgan fingerprint density at radius 2 is 2.42 bits per heavy atom. The highest BCUT2D eigenvalue weighted by atomic mass is 32.1. The van der Waals surface area contributed by atoms with E-state index in [9.17, 15) is 5.11 Å². The summed E-state index contributed by atoms with van der Waals surface area (Å²) in [4.78, 5) is 2.61. The molecule has 1 heterocycles. The summed E-state index contributed by atoms with van der Waals surface area (Å²) in [6.07, 6.45) is 1.90. The van der Waals surface area contributed by atoms with Crippen LogP contribution in [0.15, 0.2) is 0 Å². The number of nitrogens with zero attached hydrogens (tertiary/aromatic N) is 1. The van der Waals surface area contributed by atoms with E-state index in [2.05, 4.69) is 4.90 Å². The van der Waals surface area contributed by atoms with Crippen molar-refractivity contribution in [3.05, 3.63) is 0 Å². The minimum absolute atomic E-state index is 0.507. The van der Waals surface area contributed by atoms with Crippen LogP contribution in [0.4, 0.5) is 0 Å². The Bertz CT molecular complexity index is 182. The van der Waals surface area contributed by atoms with Crippen molar-refractivity contribution in [1.82, 2.24) is 4.90 Å². The molecule has 1 fully saturated rings. The van der Waals surface area contributed by atoms with E-state index in [1.54, 1.807) is 0 Å². The second-order valence-electron chi connectivity index (χ2n) is 3.78. The van der Waals surface area contributed by atoms with E-state index in [-0.39, 0.29) is 0 Å². The van der Waals surface area contributed by atoms with Crippen LogP contribution in [0.2, 0.25) is 0 Å². The van der Waals surface area contributed by atoms with Gasteiger partial charge < -0.3 is 10.8 Å². The molecule has 0 bridgehead atoms. The van der Waals surface area contributed by atoms with Crippen molar-refractivity contribution < 1.29 is 5.11 Å². The van der Waals surface area contributed by atoms with Crippen LogP contribution < -0.4 is 5.73 Å². The van der Waals surface area contributed by atoms with Crippen LogP contribution in [-0.2, 0) is 0 Å². The van der Waals surface area contributed by atoms with Crippen LogP contribution in [-0.4, -0.2) is 40.2 Å². The summed E-state index contributed by atoms with van der Waals surface area (Å²) in [5.74, 6) is 0. The molecule has 4 heteroatoms. The molecule has 0 amide bonds. The van der Waals surface area contributed by atoms with Gasteiger partial charge in [-0.1, -0.05) is 12.2 Å². The Hall–Kier alpha value is -0.190. The molecule has 0 aliphatic carbocycles. The number of likely N-dealkylation sites (tertiary alicyclic amines) is 1. The first-order valence-electron chi connectivity index (χ1n) is 4.23. The zero-order chi connectivity index (χ0) is 9.19. The number of piperidine rings is 1. The Kier molecular flexibility index (Phi) is 3.04. The van der Waals surface area contributed by atoms with E-state index in [0.29, 0.717) is 18.1 Å². The predicted octanol–water partition coefficient (Wildman–Crippen LogP) is 0.119. The Morgan fingerprint density at radius 1 is 1.75 bits per heavy atom. The summed E-state index contributed by atoms with van der Waals surface area (Å²) in [5, 5.41) is 9.73. The Labute approximate surface area is 78.5 Å². The summed E-state index contributed by atoms with van der Waals surface area (Å²) in [6, 6.07) is 0. The smallest absolute Gasteiger partial charge is 0.0870 e. The largest absolute Gasteiger partial charge is 0.392 e. The molecule has 0 aromatic heterocycles. The van der Waals surface area contributed by atoms with Crippen LogP contribution in [0.3, 0.4) is 0 Å². The third kappa shape index (κ3) is 3.05. The SMILES string of the molecule is CC1(O)CCCN(CC(N)=S)C1. The number of aliphatic hydroxyl groups is 1. The van der Waals surface area contributed by atoms with Gasteiger partial charge in [-0.3, -0.25) is 4.90 Å². The Balaban J connectivity index is 2.41. The van der Waals surface area contributed by atoms with Gasteiger partial charge in [0.25, 0.3) is 0 Å². The van der Waals surface area contributed by atoms with Crippen molar-refractivity contribution in [2.24, 2.45) is 5.73 Å². The van der Waals surface area contributed by atoms with Crippen molar-refractivity contribution in [2.45, 2.75) is 25.4 Å². The normalized spacial score (nSPS) is 31.8. The van der Waals surface area contributed by atoms with Crippen LogP contribution in [0.5, 0.6) is 0 Å². The molecule has 0 saturated carbocycles. The van der Waals surface area contributed by atoms with E-state index < -0.39 is 5.60 Å². The summed E-state index contributed by atoms with van der Waals surface area (Å²) in [7, 11) is 0. The number of hydrogen-bond donors (Lipinski definition) is 2. The van der Waals surface area contributed by atoms with Crippen molar-refractivity contribution >= 4 is 17.2 Å². The van der Waals surface area contributed by atoms with E-state index in [1.807, 2.05) is 6.92 Å². The molecular formula is C8H16N2OS. The summed E-state index contributed by atoms with van der Waals surface area (Å²) in [5.41, 5.74) is 4.87. The molecule has 1 saturated heterocycles. The van der Waals surface area contributed by atoms with Gasteiger partial charge in [-0.2, -0.15) is 0 Å². The first kappa shape index (κ1) is 9.89. The summed E-state index contributed by atoms with van der Waals surface area (Å²) >= 11 is 4.81. The predicted molar refractivity (Wildman–Crippen MR) is 53.1 cm³/mol. The molecule has 0 spiro atoms. The summed E-state index contributed by atoms with van der Waals surface area (Å²) < 4.78 is 0. The van der Waals surface area contributed by atoms with Gasteiger partial charge >= 0.3 is 0 Å². The molecule has 1 unspecified atom stereocenters. The van der Waals surface area contributed by atoms with Gasteiger partial charge in [-0.05, 0) is 26.3 Å². The van der Waals surface area contributed by atoms with Crippen LogP contribution in [0.1, 0.15) is 19.8 Å². The van der Waals surface area contributed by atoms with Crippen LogP contribution in [0.25, 0.3) is 0 Å². The molecule has 3 N–H and O–H groups in total. The lowest BCUT2D eigenvalue weighted by Gasteiger charge is -2.36. The quantitative estimate of drug-likeness (QED) is 0.604. The second-order valence-corrected chi connectivity index (χ2v) is 4.30. The number of hydrogen-bond acceptors (Lipinski definition) is 3. The molecule has 70 valence electrons. The van der Waals surface area contributed by atoms with Crippen LogP contribution in [0, 0.1) is 0 Å². The lowest BCUT2D eigenvalue weighted by atomic mass is 9.95. The maximum absolute atomic E-state index is 9.73. The molecule has 0 radical (unpaired) electrons. The van der Waals surface area contributed by atoms with Crippen molar-refractivity contribution in [2.75, 3.05) is 19.6 Å². The first-order chi connectivity index (χ1) is 5.49. The zero-order valence-corrected chi connectivity index (χ0v) is 8.23. The fourth-order valence-electron chi connectivity index (χ4n) is 1.68. The molecule has 0 aromatic carbocycles. The van der Waals surface area contributed by atoms with Gasteiger partial charge in [0.15, 0.2) is 0 Å². The maximum Gasteiger partial charge on any atom is 0.0870 e. The summed E-state index contributed by atoms with van der Waals surface area (Å²) in [6.45, 7) is 4.17. The molecule has 1 atom stereocenters. The fourth-order valence-corrected chi connectivity index (χ4v) is 1.86. The Morgan fingerprint density at radius 3 is 2.92 bits per heavy atom. The van der Waals surface area contributed by atoms with Gasteiger partial charge in [0, 0.05) is 13.1 Å². The highest BCUT2D eigenvalue weighted by Crippen LogP contribution is 2.19. The minimum atomic E-state index is -0.553. The van der Waals surface area contributed by atoms with Gasteiger partial charge in [0.1, 0.15) is 0 Å². The van der Waals surface area contributed by atoms with E-state index in [0.717, 1.165) is 19.4 Å². The molecular weight excluding hydrogens is 172 g/mol. The zero-order valence-electron chi connectivity index (χ0n) is 7.42.